The topological polar surface area (TPSA) is 64.2 Å². The number of hydrogen-bond donors (Lipinski definition) is 1. The SMILES string of the molecule is O=C(O)c1cn(Cc2cccc(F)c2)n(-c2ccc(Cl)cc2Cl)c1=O. The average Bonchev–Trinajstić information content (AvgIpc) is 2.84. The molecule has 0 saturated heterocycles. The number of aromatic nitrogens is 2. The van der Waals surface area contributed by atoms with E-state index in [0.717, 1.165) is 4.68 Å². The van der Waals surface area contributed by atoms with Crippen LogP contribution in [0.4, 0.5) is 4.39 Å². The average molecular weight is 381 g/mol. The lowest BCUT2D eigenvalue weighted by molar-refractivity contribution is 0.0695. The van der Waals surface area contributed by atoms with Gasteiger partial charge in [-0.1, -0.05) is 35.3 Å². The Morgan fingerprint density at radius 1 is 1.16 bits per heavy atom. The van der Waals surface area contributed by atoms with Crippen LogP contribution in [0.3, 0.4) is 0 Å². The molecule has 3 aromatic rings. The van der Waals surface area contributed by atoms with Gasteiger partial charge in [0.1, 0.15) is 11.4 Å². The molecule has 1 N–H and O–H groups in total. The fourth-order valence-electron chi connectivity index (χ4n) is 2.48. The number of carbonyl (C=O) groups is 1. The van der Waals surface area contributed by atoms with Gasteiger partial charge in [-0.25, -0.2) is 13.9 Å². The van der Waals surface area contributed by atoms with Crippen molar-refractivity contribution in [3.8, 4) is 5.69 Å². The highest BCUT2D eigenvalue weighted by Gasteiger charge is 2.20. The molecule has 0 fully saturated rings. The zero-order valence-electron chi connectivity index (χ0n) is 12.6. The van der Waals surface area contributed by atoms with E-state index < -0.39 is 22.9 Å². The van der Waals surface area contributed by atoms with Crippen molar-refractivity contribution in [3.05, 3.63) is 86.0 Å². The number of nitrogens with zero attached hydrogens (tertiary/aromatic N) is 2. The van der Waals surface area contributed by atoms with Crippen molar-refractivity contribution < 1.29 is 14.3 Å². The third-order valence-corrected chi connectivity index (χ3v) is 4.10. The summed E-state index contributed by atoms with van der Waals surface area (Å²) in [7, 11) is 0. The Bertz CT molecular complexity index is 1030. The number of hydrogen-bond acceptors (Lipinski definition) is 2. The molecule has 8 heteroatoms. The Morgan fingerprint density at radius 3 is 2.56 bits per heavy atom. The van der Waals surface area contributed by atoms with E-state index in [1.54, 1.807) is 6.07 Å². The molecule has 128 valence electrons. The number of aromatic carboxylic acids is 1. The van der Waals surface area contributed by atoms with E-state index in [4.69, 9.17) is 23.2 Å². The van der Waals surface area contributed by atoms with Gasteiger partial charge in [0.25, 0.3) is 5.56 Å². The molecule has 25 heavy (non-hydrogen) atoms. The molecule has 1 aromatic heterocycles. The largest absolute Gasteiger partial charge is 0.477 e. The smallest absolute Gasteiger partial charge is 0.342 e. The summed E-state index contributed by atoms with van der Waals surface area (Å²) >= 11 is 12.0. The quantitative estimate of drug-likeness (QED) is 0.747. The van der Waals surface area contributed by atoms with Crippen molar-refractivity contribution in [1.82, 2.24) is 9.36 Å². The second-order valence-electron chi connectivity index (χ2n) is 5.29. The Kier molecular flexibility index (Phi) is 4.65. The van der Waals surface area contributed by atoms with Gasteiger partial charge in [0.15, 0.2) is 0 Å². The summed E-state index contributed by atoms with van der Waals surface area (Å²) in [5.41, 5.74) is -0.318. The Hall–Kier alpha value is -2.57. The highest BCUT2D eigenvalue weighted by Crippen LogP contribution is 2.24. The molecular weight excluding hydrogens is 370 g/mol. The predicted octanol–water partition coefficient (Wildman–Crippen LogP) is 3.83. The maximum Gasteiger partial charge on any atom is 0.342 e. The van der Waals surface area contributed by atoms with Crippen LogP contribution in [-0.2, 0) is 6.54 Å². The number of halogens is 3. The van der Waals surface area contributed by atoms with Crippen LogP contribution in [0.25, 0.3) is 5.69 Å². The van der Waals surface area contributed by atoms with E-state index in [2.05, 4.69) is 0 Å². The van der Waals surface area contributed by atoms with Gasteiger partial charge in [0, 0.05) is 11.2 Å². The van der Waals surface area contributed by atoms with Crippen LogP contribution in [0.2, 0.25) is 10.0 Å². The summed E-state index contributed by atoms with van der Waals surface area (Å²) in [5.74, 6) is -1.79. The first kappa shape index (κ1) is 17.3. The highest BCUT2D eigenvalue weighted by atomic mass is 35.5. The second kappa shape index (κ2) is 6.74. The third-order valence-electron chi connectivity index (χ3n) is 3.56. The lowest BCUT2D eigenvalue weighted by atomic mass is 10.2. The summed E-state index contributed by atoms with van der Waals surface area (Å²) in [6, 6.07) is 10.3. The number of carboxylic acids is 1. The highest BCUT2D eigenvalue weighted by molar-refractivity contribution is 6.35. The van der Waals surface area contributed by atoms with Gasteiger partial charge < -0.3 is 5.11 Å². The second-order valence-corrected chi connectivity index (χ2v) is 6.13. The molecule has 0 aliphatic heterocycles. The van der Waals surface area contributed by atoms with Gasteiger partial charge in [-0.05, 0) is 35.9 Å². The maximum absolute atomic E-state index is 13.4. The molecule has 0 atom stereocenters. The van der Waals surface area contributed by atoms with Crippen molar-refractivity contribution in [2.45, 2.75) is 6.54 Å². The Labute approximate surface area is 151 Å². The molecule has 1 heterocycles. The molecule has 0 aliphatic rings. The van der Waals surface area contributed by atoms with Crippen LogP contribution in [-0.4, -0.2) is 20.4 Å². The molecule has 0 bridgehead atoms. The van der Waals surface area contributed by atoms with Gasteiger partial charge >= 0.3 is 5.97 Å². The number of rotatable bonds is 4. The molecule has 0 spiro atoms. The minimum atomic E-state index is -1.36. The van der Waals surface area contributed by atoms with E-state index in [-0.39, 0.29) is 17.3 Å². The standard InChI is InChI=1S/C17H11Cl2FN2O3/c18-11-4-5-15(14(19)7-11)22-16(23)13(17(24)25)9-21(22)8-10-2-1-3-12(20)6-10/h1-7,9H,8H2,(H,24,25). The summed E-state index contributed by atoms with van der Waals surface area (Å²) < 4.78 is 15.9. The van der Waals surface area contributed by atoms with E-state index in [9.17, 15) is 19.1 Å². The van der Waals surface area contributed by atoms with Crippen LogP contribution >= 0.6 is 23.2 Å². The van der Waals surface area contributed by atoms with Crippen molar-refractivity contribution >= 4 is 29.2 Å². The van der Waals surface area contributed by atoms with Crippen LogP contribution in [0.15, 0.2) is 53.5 Å². The van der Waals surface area contributed by atoms with E-state index in [1.807, 2.05) is 0 Å². The first-order chi connectivity index (χ1) is 11.9. The monoisotopic (exact) mass is 380 g/mol. The Morgan fingerprint density at radius 2 is 1.92 bits per heavy atom. The van der Waals surface area contributed by atoms with E-state index in [0.29, 0.717) is 10.6 Å². The number of carboxylic acid groups (broad SMARTS) is 1. The lowest BCUT2D eigenvalue weighted by Gasteiger charge is -2.13. The fraction of sp³-hybridized carbons (Fsp3) is 0.0588. The summed E-state index contributed by atoms with van der Waals surface area (Å²) in [5, 5.41) is 9.80. The van der Waals surface area contributed by atoms with E-state index in [1.165, 1.54) is 47.3 Å². The van der Waals surface area contributed by atoms with Gasteiger partial charge in [-0.3, -0.25) is 9.48 Å². The summed E-state index contributed by atoms with van der Waals surface area (Å²) in [6.45, 7) is 0.0826. The molecule has 0 saturated carbocycles. The van der Waals surface area contributed by atoms with Gasteiger partial charge in [0.2, 0.25) is 0 Å². The molecule has 0 radical (unpaired) electrons. The summed E-state index contributed by atoms with van der Waals surface area (Å²) in [6.07, 6.45) is 1.19. The Balaban J connectivity index is 2.19. The molecule has 5 nitrogen and oxygen atoms in total. The fourth-order valence-corrected chi connectivity index (χ4v) is 2.97. The van der Waals surface area contributed by atoms with Crippen LogP contribution in [0, 0.1) is 5.82 Å². The lowest BCUT2D eigenvalue weighted by Crippen LogP contribution is -2.24. The van der Waals surface area contributed by atoms with Crippen molar-refractivity contribution in [2.75, 3.05) is 0 Å². The first-order valence-electron chi connectivity index (χ1n) is 7.12. The minimum absolute atomic E-state index is 0.0826. The zero-order valence-corrected chi connectivity index (χ0v) is 14.1. The molecule has 0 amide bonds. The van der Waals surface area contributed by atoms with Gasteiger partial charge in [-0.2, -0.15) is 0 Å². The van der Waals surface area contributed by atoms with Crippen LogP contribution < -0.4 is 5.56 Å². The van der Waals surface area contributed by atoms with Crippen molar-refractivity contribution in [1.29, 1.82) is 0 Å². The van der Waals surface area contributed by atoms with Crippen LogP contribution in [0.5, 0.6) is 0 Å². The first-order valence-corrected chi connectivity index (χ1v) is 7.88. The third kappa shape index (κ3) is 3.45. The molecular formula is C17H11Cl2FN2O3. The van der Waals surface area contributed by atoms with Gasteiger partial charge in [0.05, 0.1) is 17.3 Å². The normalized spacial score (nSPS) is 10.8. The molecule has 3 rings (SSSR count). The summed E-state index contributed by atoms with van der Waals surface area (Å²) in [4.78, 5) is 23.8. The van der Waals surface area contributed by atoms with Crippen molar-refractivity contribution in [2.24, 2.45) is 0 Å². The van der Waals surface area contributed by atoms with E-state index >= 15 is 0 Å². The molecule has 0 unspecified atom stereocenters. The zero-order chi connectivity index (χ0) is 18.1. The van der Waals surface area contributed by atoms with Crippen molar-refractivity contribution in [3.63, 3.8) is 0 Å². The van der Waals surface area contributed by atoms with Crippen LogP contribution in [0.1, 0.15) is 15.9 Å². The molecule has 2 aromatic carbocycles. The van der Waals surface area contributed by atoms with Gasteiger partial charge in [-0.15, -0.1) is 0 Å². The predicted molar refractivity (Wildman–Crippen MR) is 92.5 cm³/mol. The number of benzene rings is 2. The maximum atomic E-state index is 13.4. The molecule has 0 aliphatic carbocycles. The minimum Gasteiger partial charge on any atom is -0.477 e.